The molecule has 0 amide bonds. The van der Waals surface area contributed by atoms with Gasteiger partial charge in [-0.15, -0.1) is 0 Å². The first-order valence-electron chi connectivity index (χ1n) is 8.63. The molecule has 0 saturated carbocycles. The number of nitrogens with zero attached hydrogens (tertiary/aromatic N) is 2. The number of aliphatic imine (C=N–C) groups is 1. The van der Waals surface area contributed by atoms with E-state index in [9.17, 15) is 0 Å². The summed E-state index contributed by atoms with van der Waals surface area (Å²) in [7, 11) is 0. The van der Waals surface area contributed by atoms with Gasteiger partial charge in [-0.3, -0.25) is 0 Å². The number of nitrogens with two attached hydrogens (primary N) is 1. The van der Waals surface area contributed by atoms with E-state index in [0.717, 1.165) is 33.8 Å². The van der Waals surface area contributed by atoms with Crippen molar-refractivity contribution in [1.29, 1.82) is 0 Å². The molecule has 4 heteroatoms. The Labute approximate surface area is 155 Å². The number of benzene rings is 3. The summed E-state index contributed by atoms with van der Waals surface area (Å²) in [5.41, 5.74) is 6.06. The first-order chi connectivity index (χ1) is 12.6. The molecule has 3 aromatic rings. The Balaban J connectivity index is 2.06. The average molecular weight is 344 g/mol. The molecule has 0 heterocycles. The Kier molecular flexibility index (Phi) is 5.34. The number of hydrogen-bond donors (Lipinski definition) is 2. The summed E-state index contributed by atoms with van der Waals surface area (Å²) >= 11 is 0. The van der Waals surface area contributed by atoms with Crippen molar-refractivity contribution in [2.75, 3.05) is 10.3 Å². The van der Waals surface area contributed by atoms with E-state index in [4.69, 9.17) is 10.8 Å². The van der Waals surface area contributed by atoms with Gasteiger partial charge in [0.1, 0.15) is 0 Å². The van der Waals surface area contributed by atoms with E-state index >= 15 is 0 Å². The highest BCUT2D eigenvalue weighted by Crippen LogP contribution is 2.23. The molecule has 0 saturated heterocycles. The van der Waals surface area contributed by atoms with E-state index in [1.54, 1.807) is 5.01 Å². The second kappa shape index (κ2) is 7.85. The quantitative estimate of drug-likeness (QED) is 0.301. The standard InChI is InChI=1S/C22H24N4/c1-16-10-4-7-13-19(16)24-22(25-20-14-8-5-11-17(20)2)26(23)21-15-9-6-12-18(21)3/h4-15H,23H2,1-3H3,(H,24,25). The fourth-order valence-electron chi connectivity index (χ4n) is 2.73. The highest BCUT2D eigenvalue weighted by Gasteiger charge is 2.14. The fraction of sp³-hybridized carbons (Fsp3) is 0.136. The second-order valence-electron chi connectivity index (χ2n) is 6.32. The van der Waals surface area contributed by atoms with Gasteiger partial charge in [-0.1, -0.05) is 54.6 Å². The van der Waals surface area contributed by atoms with Crippen LogP contribution in [-0.2, 0) is 0 Å². The number of aryl methyl sites for hydroxylation is 3. The highest BCUT2D eigenvalue weighted by molar-refractivity contribution is 6.06. The Hall–Kier alpha value is -3.11. The Morgan fingerprint density at radius 1 is 0.769 bits per heavy atom. The van der Waals surface area contributed by atoms with Gasteiger partial charge in [0.2, 0.25) is 5.96 Å². The van der Waals surface area contributed by atoms with E-state index < -0.39 is 0 Å². The second-order valence-corrected chi connectivity index (χ2v) is 6.32. The first kappa shape index (κ1) is 17.7. The average Bonchev–Trinajstić information content (AvgIpc) is 2.64. The van der Waals surface area contributed by atoms with Crippen LogP contribution in [0.1, 0.15) is 16.7 Å². The number of hydrazine groups is 1. The molecule has 4 nitrogen and oxygen atoms in total. The Bertz CT molecular complexity index is 931. The molecule has 0 aliphatic carbocycles. The maximum Gasteiger partial charge on any atom is 0.223 e. The monoisotopic (exact) mass is 344 g/mol. The zero-order valence-corrected chi connectivity index (χ0v) is 15.4. The third-order valence-electron chi connectivity index (χ3n) is 4.34. The minimum atomic E-state index is 0.572. The summed E-state index contributed by atoms with van der Waals surface area (Å²) in [5.74, 6) is 7.05. The zero-order valence-electron chi connectivity index (χ0n) is 15.4. The van der Waals surface area contributed by atoms with Crippen molar-refractivity contribution in [3.8, 4) is 0 Å². The van der Waals surface area contributed by atoms with Gasteiger partial charge in [0.05, 0.1) is 11.4 Å². The van der Waals surface area contributed by atoms with Gasteiger partial charge in [0.15, 0.2) is 0 Å². The van der Waals surface area contributed by atoms with Gasteiger partial charge in [-0.05, 0) is 55.7 Å². The predicted molar refractivity (Wildman–Crippen MR) is 111 cm³/mol. The molecular formula is C22H24N4. The molecule has 0 aromatic heterocycles. The largest absolute Gasteiger partial charge is 0.324 e. The van der Waals surface area contributed by atoms with Crippen molar-refractivity contribution in [3.05, 3.63) is 89.5 Å². The maximum atomic E-state index is 6.48. The van der Waals surface area contributed by atoms with Crippen LogP contribution in [0.2, 0.25) is 0 Å². The molecule has 3 N–H and O–H groups in total. The molecule has 0 aliphatic rings. The third kappa shape index (κ3) is 3.92. The molecule has 0 unspecified atom stereocenters. The van der Waals surface area contributed by atoms with Crippen LogP contribution in [0.25, 0.3) is 0 Å². The molecule has 26 heavy (non-hydrogen) atoms. The summed E-state index contributed by atoms with van der Waals surface area (Å²) in [6, 6.07) is 24.1. The van der Waals surface area contributed by atoms with Crippen molar-refractivity contribution >= 4 is 23.0 Å². The van der Waals surface area contributed by atoms with Gasteiger partial charge in [0.25, 0.3) is 0 Å². The normalized spacial score (nSPS) is 11.3. The minimum absolute atomic E-state index is 0.572. The molecule has 0 spiro atoms. The van der Waals surface area contributed by atoms with Crippen LogP contribution in [0, 0.1) is 20.8 Å². The van der Waals surface area contributed by atoms with Crippen LogP contribution in [0.4, 0.5) is 17.1 Å². The molecule has 0 atom stereocenters. The van der Waals surface area contributed by atoms with Crippen LogP contribution in [0.5, 0.6) is 0 Å². The SMILES string of the molecule is Cc1ccccc1N=C(Nc1ccccc1C)N(N)c1ccccc1C. The van der Waals surface area contributed by atoms with Crippen molar-refractivity contribution in [1.82, 2.24) is 0 Å². The summed E-state index contributed by atoms with van der Waals surface area (Å²) < 4.78 is 0. The summed E-state index contributed by atoms with van der Waals surface area (Å²) in [5, 5.41) is 5.00. The number of guanidine groups is 1. The van der Waals surface area contributed by atoms with Crippen molar-refractivity contribution in [2.24, 2.45) is 10.8 Å². The summed E-state index contributed by atoms with van der Waals surface area (Å²) in [4.78, 5) is 4.82. The molecule has 0 fully saturated rings. The van der Waals surface area contributed by atoms with Gasteiger partial charge >= 0.3 is 0 Å². The molecule has 3 aromatic carbocycles. The van der Waals surface area contributed by atoms with Crippen molar-refractivity contribution in [2.45, 2.75) is 20.8 Å². The lowest BCUT2D eigenvalue weighted by atomic mass is 10.2. The van der Waals surface area contributed by atoms with Crippen molar-refractivity contribution in [3.63, 3.8) is 0 Å². The van der Waals surface area contributed by atoms with Crippen LogP contribution >= 0.6 is 0 Å². The van der Waals surface area contributed by atoms with E-state index in [0.29, 0.717) is 5.96 Å². The molecule has 3 rings (SSSR count). The lowest BCUT2D eigenvalue weighted by Gasteiger charge is -2.24. The minimum Gasteiger partial charge on any atom is -0.324 e. The fourth-order valence-corrected chi connectivity index (χ4v) is 2.73. The van der Waals surface area contributed by atoms with Crippen molar-refractivity contribution < 1.29 is 0 Å². The topological polar surface area (TPSA) is 53.7 Å². The van der Waals surface area contributed by atoms with E-state index in [-0.39, 0.29) is 0 Å². The van der Waals surface area contributed by atoms with Gasteiger partial charge < -0.3 is 5.32 Å². The lowest BCUT2D eigenvalue weighted by Crippen LogP contribution is -2.42. The van der Waals surface area contributed by atoms with Crippen LogP contribution < -0.4 is 16.2 Å². The number of anilines is 2. The molecule has 0 aliphatic heterocycles. The smallest absolute Gasteiger partial charge is 0.223 e. The first-order valence-corrected chi connectivity index (χ1v) is 8.63. The number of nitrogens with one attached hydrogen (secondary N) is 1. The highest BCUT2D eigenvalue weighted by atomic mass is 15.5. The third-order valence-corrected chi connectivity index (χ3v) is 4.34. The number of hydrogen-bond acceptors (Lipinski definition) is 2. The van der Waals surface area contributed by atoms with Gasteiger partial charge in [-0.25, -0.2) is 15.8 Å². The predicted octanol–water partition coefficient (Wildman–Crippen LogP) is 5.09. The van der Waals surface area contributed by atoms with Crippen LogP contribution in [0.15, 0.2) is 77.8 Å². The van der Waals surface area contributed by atoms with Crippen LogP contribution in [0.3, 0.4) is 0 Å². The molecular weight excluding hydrogens is 320 g/mol. The number of para-hydroxylation sites is 3. The van der Waals surface area contributed by atoms with Gasteiger partial charge in [0, 0.05) is 5.69 Å². The lowest BCUT2D eigenvalue weighted by molar-refractivity contribution is 1.10. The van der Waals surface area contributed by atoms with Crippen LogP contribution in [-0.4, -0.2) is 5.96 Å². The van der Waals surface area contributed by atoms with E-state index in [1.807, 2.05) is 80.6 Å². The number of rotatable bonds is 3. The Morgan fingerprint density at radius 2 is 1.35 bits per heavy atom. The zero-order chi connectivity index (χ0) is 18.5. The van der Waals surface area contributed by atoms with Gasteiger partial charge in [-0.2, -0.15) is 0 Å². The van der Waals surface area contributed by atoms with E-state index in [1.165, 1.54) is 0 Å². The summed E-state index contributed by atoms with van der Waals surface area (Å²) in [6.45, 7) is 6.13. The maximum absolute atomic E-state index is 6.48. The molecule has 132 valence electrons. The summed E-state index contributed by atoms with van der Waals surface area (Å²) in [6.07, 6.45) is 0. The molecule has 0 radical (unpaired) electrons. The molecule has 0 bridgehead atoms. The Morgan fingerprint density at radius 3 is 2.00 bits per heavy atom. The van der Waals surface area contributed by atoms with E-state index in [2.05, 4.69) is 18.3 Å².